The molecule has 1 rings (SSSR count). The highest BCUT2D eigenvalue weighted by Gasteiger charge is 2.20. The van der Waals surface area contributed by atoms with Crippen molar-refractivity contribution in [3.05, 3.63) is 0 Å². The largest absolute Gasteiger partial charge is 0.392 e. The molecule has 96 valence electrons. The Morgan fingerprint density at radius 1 is 1.25 bits per heavy atom. The first-order valence-corrected chi connectivity index (χ1v) is 7.04. The maximum absolute atomic E-state index is 9.83. The van der Waals surface area contributed by atoms with Gasteiger partial charge >= 0.3 is 0 Å². The van der Waals surface area contributed by atoms with Gasteiger partial charge in [0, 0.05) is 6.54 Å². The summed E-state index contributed by atoms with van der Waals surface area (Å²) in [5, 5.41) is 9.83. The summed E-state index contributed by atoms with van der Waals surface area (Å²) in [4.78, 5) is 2.46. The molecule has 1 heterocycles. The van der Waals surface area contributed by atoms with Crippen molar-refractivity contribution in [2.45, 2.75) is 59.0 Å². The lowest BCUT2D eigenvalue weighted by molar-refractivity contribution is 0.105. The Morgan fingerprint density at radius 2 is 2.00 bits per heavy atom. The second kappa shape index (κ2) is 7.29. The molecular formula is C14H29NO. The predicted molar refractivity (Wildman–Crippen MR) is 69.5 cm³/mol. The van der Waals surface area contributed by atoms with Gasteiger partial charge in [-0.3, -0.25) is 0 Å². The highest BCUT2D eigenvalue weighted by atomic mass is 16.3. The fourth-order valence-corrected chi connectivity index (χ4v) is 2.75. The van der Waals surface area contributed by atoms with Crippen LogP contribution in [0.4, 0.5) is 0 Å². The summed E-state index contributed by atoms with van der Waals surface area (Å²) in [6.07, 6.45) is 5.92. The molecule has 0 radical (unpaired) electrons. The zero-order valence-corrected chi connectivity index (χ0v) is 11.3. The molecule has 16 heavy (non-hydrogen) atoms. The summed E-state index contributed by atoms with van der Waals surface area (Å²) in [6.45, 7) is 10.1. The van der Waals surface area contributed by atoms with E-state index in [1.165, 1.54) is 32.4 Å². The lowest BCUT2D eigenvalue weighted by Crippen LogP contribution is -2.33. The smallest absolute Gasteiger partial charge is 0.0667 e. The molecule has 2 heteroatoms. The number of likely N-dealkylation sites (tertiary alicyclic amines) is 1. The van der Waals surface area contributed by atoms with E-state index in [2.05, 4.69) is 25.7 Å². The van der Waals surface area contributed by atoms with Gasteiger partial charge in [0.1, 0.15) is 0 Å². The van der Waals surface area contributed by atoms with Crippen molar-refractivity contribution >= 4 is 0 Å². The van der Waals surface area contributed by atoms with E-state index in [-0.39, 0.29) is 6.10 Å². The van der Waals surface area contributed by atoms with Gasteiger partial charge in [-0.1, -0.05) is 27.2 Å². The second-order valence-electron chi connectivity index (χ2n) is 5.68. The number of nitrogens with zero attached hydrogens (tertiary/aromatic N) is 1. The van der Waals surface area contributed by atoms with Crippen molar-refractivity contribution in [2.24, 2.45) is 11.8 Å². The van der Waals surface area contributed by atoms with Crippen LogP contribution >= 0.6 is 0 Å². The van der Waals surface area contributed by atoms with Gasteiger partial charge in [0.15, 0.2) is 0 Å². The summed E-state index contributed by atoms with van der Waals surface area (Å²) in [7, 11) is 0. The molecule has 0 saturated carbocycles. The molecule has 2 atom stereocenters. The van der Waals surface area contributed by atoms with Crippen LogP contribution in [0.3, 0.4) is 0 Å². The molecule has 1 N–H and O–H groups in total. The molecule has 0 amide bonds. The molecule has 0 bridgehead atoms. The zero-order valence-electron chi connectivity index (χ0n) is 11.3. The van der Waals surface area contributed by atoms with Crippen molar-refractivity contribution < 1.29 is 5.11 Å². The Morgan fingerprint density at radius 3 is 2.62 bits per heavy atom. The molecular weight excluding hydrogens is 198 g/mol. The van der Waals surface area contributed by atoms with Gasteiger partial charge in [0.25, 0.3) is 0 Å². The lowest BCUT2D eigenvalue weighted by Gasteiger charge is -2.23. The first-order chi connectivity index (χ1) is 7.63. The fraction of sp³-hybridized carbons (Fsp3) is 1.00. The van der Waals surface area contributed by atoms with Gasteiger partial charge in [-0.05, 0) is 50.6 Å². The minimum absolute atomic E-state index is 0.111. The molecule has 0 aromatic heterocycles. The topological polar surface area (TPSA) is 23.5 Å². The summed E-state index contributed by atoms with van der Waals surface area (Å²) >= 11 is 0. The Balaban J connectivity index is 2.29. The molecule has 1 saturated heterocycles. The fourth-order valence-electron chi connectivity index (χ4n) is 2.75. The van der Waals surface area contributed by atoms with Gasteiger partial charge in [0.2, 0.25) is 0 Å². The van der Waals surface area contributed by atoms with Gasteiger partial charge in [-0.25, -0.2) is 0 Å². The molecule has 1 aliphatic rings. The van der Waals surface area contributed by atoms with E-state index in [1.54, 1.807) is 0 Å². The van der Waals surface area contributed by atoms with Crippen LogP contribution < -0.4 is 0 Å². The SMILES string of the molecule is CCCC(O)CN1CCCC(C(C)C)CC1. The van der Waals surface area contributed by atoms with Crippen LogP contribution in [0.25, 0.3) is 0 Å². The van der Waals surface area contributed by atoms with Crippen molar-refractivity contribution in [1.82, 2.24) is 4.90 Å². The third-order valence-corrected chi connectivity index (χ3v) is 3.90. The third-order valence-electron chi connectivity index (χ3n) is 3.90. The predicted octanol–water partition coefficient (Wildman–Crippen LogP) is 2.91. The van der Waals surface area contributed by atoms with Crippen molar-refractivity contribution in [1.29, 1.82) is 0 Å². The summed E-state index contributed by atoms with van der Waals surface area (Å²) < 4.78 is 0. The van der Waals surface area contributed by atoms with Crippen LogP contribution in [-0.2, 0) is 0 Å². The number of aliphatic hydroxyl groups excluding tert-OH is 1. The maximum atomic E-state index is 9.83. The van der Waals surface area contributed by atoms with Crippen LogP contribution in [0, 0.1) is 11.8 Å². The highest BCUT2D eigenvalue weighted by molar-refractivity contribution is 4.73. The van der Waals surface area contributed by atoms with E-state index in [4.69, 9.17) is 0 Å². The van der Waals surface area contributed by atoms with E-state index in [0.29, 0.717) is 0 Å². The van der Waals surface area contributed by atoms with Crippen LogP contribution in [0.5, 0.6) is 0 Å². The average molecular weight is 227 g/mol. The maximum Gasteiger partial charge on any atom is 0.0667 e. The van der Waals surface area contributed by atoms with Crippen molar-refractivity contribution in [3.63, 3.8) is 0 Å². The Labute approximate surface area is 101 Å². The molecule has 0 aromatic rings. The average Bonchev–Trinajstić information content (AvgIpc) is 2.43. The van der Waals surface area contributed by atoms with Crippen LogP contribution in [-0.4, -0.2) is 35.7 Å². The van der Waals surface area contributed by atoms with E-state index >= 15 is 0 Å². The molecule has 1 fully saturated rings. The Kier molecular flexibility index (Phi) is 6.37. The van der Waals surface area contributed by atoms with Crippen molar-refractivity contribution in [3.8, 4) is 0 Å². The van der Waals surface area contributed by atoms with E-state index in [0.717, 1.165) is 31.2 Å². The number of aliphatic hydroxyl groups is 1. The number of rotatable bonds is 5. The summed E-state index contributed by atoms with van der Waals surface area (Å²) in [5.41, 5.74) is 0. The van der Waals surface area contributed by atoms with E-state index in [9.17, 15) is 5.11 Å². The molecule has 1 aliphatic heterocycles. The van der Waals surface area contributed by atoms with Gasteiger partial charge in [-0.2, -0.15) is 0 Å². The van der Waals surface area contributed by atoms with Crippen LogP contribution in [0.1, 0.15) is 52.9 Å². The first kappa shape index (κ1) is 14.0. The summed E-state index contributed by atoms with van der Waals surface area (Å²) in [5.74, 6) is 1.72. The minimum Gasteiger partial charge on any atom is -0.392 e. The number of β-amino-alcohol motifs (C(OH)–C–C–N with tert-alkyl or cyclic N) is 1. The highest BCUT2D eigenvalue weighted by Crippen LogP contribution is 2.24. The normalized spacial score (nSPS) is 25.7. The number of hydrogen-bond acceptors (Lipinski definition) is 2. The quantitative estimate of drug-likeness (QED) is 0.780. The monoisotopic (exact) mass is 227 g/mol. The first-order valence-electron chi connectivity index (χ1n) is 7.04. The second-order valence-corrected chi connectivity index (χ2v) is 5.68. The molecule has 2 unspecified atom stereocenters. The molecule has 0 aliphatic carbocycles. The van der Waals surface area contributed by atoms with E-state index < -0.39 is 0 Å². The van der Waals surface area contributed by atoms with Crippen LogP contribution in [0.2, 0.25) is 0 Å². The molecule has 0 spiro atoms. The lowest BCUT2D eigenvalue weighted by atomic mass is 9.89. The standard InChI is InChI=1S/C14H29NO/c1-4-6-14(16)11-15-9-5-7-13(8-10-15)12(2)3/h12-14,16H,4-11H2,1-3H3. The summed E-state index contributed by atoms with van der Waals surface area (Å²) in [6, 6.07) is 0. The van der Waals surface area contributed by atoms with E-state index in [1.807, 2.05) is 0 Å². The molecule has 2 nitrogen and oxygen atoms in total. The van der Waals surface area contributed by atoms with Gasteiger partial charge in [0.05, 0.1) is 6.10 Å². The Bertz CT molecular complexity index is 182. The minimum atomic E-state index is -0.111. The van der Waals surface area contributed by atoms with Gasteiger partial charge in [-0.15, -0.1) is 0 Å². The third kappa shape index (κ3) is 4.84. The van der Waals surface area contributed by atoms with Crippen LogP contribution in [0.15, 0.2) is 0 Å². The zero-order chi connectivity index (χ0) is 12.0. The number of hydrogen-bond donors (Lipinski definition) is 1. The Hall–Kier alpha value is -0.0800. The molecule has 0 aromatic carbocycles. The van der Waals surface area contributed by atoms with Crippen molar-refractivity contribution in [2.75, 3.05) is 19.6 Å². The van der Waals surface area contributed by atoms with Gasteiger partial charge < -0.3 is 10.0 Å².